The molecule has 0 amide bonds. The molecule has 6 heteroatoms. The van der Waals surface area contributed by atoms with Crippen LogP contribution in [0.3, 0.4) is 0 Å². The molecule has 0 aromatic heterocycles. The van der Waals surface area contributed by atoms with E-state index in [-0.39, 0.29) is 23.5 Å². The minimum Gasteiger partial charge on any atom is -0.414 e. The number of nitrogens with zero attached hydrogens (tertiary/aromatic N) is 1. The van der Waals surface area contributed by atoms with E-state index >= 15 is 0 Å². The van der Waals surface area contributed by atoms with Gasteiger partial charge >= 0.3 is 0 Å². The van der Waals surface area contributed by atoms with Crippen LogP contribution >= 0.6 is 15.9 Å². The van der Waals surface area contributed by atoms with E-state index in [2.05, 4.69) is 91.6 Å². The Labute approximate surface area is 192 Å². The van der Waals surface area contributed by atoms with E-state index in [1.807, 2.05) is 19.1 Å². The Morgan fingerprint density at radius 3 is 2.43 bits per heavy atom. The maximum absolute atomic E-state index is 6.56. The molecule has 3 atom stereocenters. The van der Waals surface area contributed by atoms with E-state index < -0.39 is 8.32 Å². The molecule has 0 unspecified atom stereocenters. The van der Waals surface area contributed by atoms with Crippen LogP contribution in [0.2, 0.25) is 18.1 Å². The van der Waals surface area contributed by atoms with Gasteiger partial charge in [0.1, 0.15) is 6.10 Å². The molecule has 4 nitrogen and oxygen atoms in total. The van der Waals surface area contributed by atoms with E-state index in [0.717, 1.165) is 17.6 Å². The molecule has 1 aliphatic heterocycles. The van der Waals surface area contributed by atoms with Crippen molar-refractivity contribution in [1.82, 2.24) is 4.90 Å². The SMILES string of the molecule is C=C(Br)CN(Cc1ccccc1)[C@H]1C=C[C@@H](OCC)O[C@@H]1CO[Si](C)(C)C(C)(C)C. The van der Waals surface area contributed by atoms with Crippen LogP contribution < -0.4 is 0 Å². The molecule has 0 radical (unpaired) electrons. The standard InChI is InChI=1S/C24H38BrNO3Si/c1-8-27-23-15-14-21(22(29-23)18-28-30(6,7)24(3,4)5)26(16-19(2)25)17-20-12-10-9-11-13-20/h9-15,21-23H,2,8,16-18H2,1,3-7H3/t21-,22+,23-/m0/s1. The third kappa shape index (κ3) is 7.43. The average molecular weight is 497 g/mol. The van der Waals surface area contributed by atoms with Crippen molar-refractivity contribution in [2.24, 2.45) is 0 Å². The van der Waals surface area contributed by atoms with Crippen LogP contribution in [0.1, 0.15) is 33.3 Å². The van der Waals surface area contributed by atoms with Crippen molar-refractivity contribution < 1.29 is 13.9 Å². The van der Waals surface area contributed by atoms with Crippen LogP contribution in [-0.2, 0) is 20.4 Å². The van der Waals surface area contributed by atoms with Crippen LogP contribution in [0.4, 0.5) is 0 Å². The molecule has 0 bridgehead atoms. The van der Waals surface area contributed by atoms with Crippen LogP contribution in [0, 0.1) is 0 Å². The number of hydrogen-bond acceptors (Lipinski definition) is 4. The van der Waals surface area contributed by atoms with Gasteiger partial charge in [-0.3, -0.25) is 4.90 Å². The van der Waals surface area contributed by atoms with Gasteiger partial charge in [0, 0.05) is 24.2 Å². The normalized spacial score (nSPS) is 22.5. The molecule has 0 fully saturated rings. The van der Waals surface area contributed by atoms with Crippen LogP contribution in [0.5, 0.6) is 0 Å². The Bertz CT molecular complexity index is 702. The van der Waals surface area contributed by atoms with Gasteiger partial charge in [-0.1, -0.05) is 79.7 Å². The highest BCUT2D eigenvalue weighted by atomic mass is 79.9. The Morgan fingerprint density at radius 2 is 1.87 bits per heavy atom. The molecule has 0 aliphatic carbocycles. The summed E-state index contributed by atoms with van der Waals surface area (Å²) < 4.78 is 19.6. The zero-order chi connectivity index (χ0) is 22.4. The molecule has 1 aromatic carbocycles. The second-order valence-corrected chi connectivity index (χ2v) is 15.3. The minimum atomic E-state index is -1.89. The first-order valence-corrected chi connectivity index (χ1v) is 14.4. The minimum absolute atomic E-state index is 0.0704. The molecule has 0 saturated carbocycles. The quantitative estimate of drug-likeness (QED) is 0.289. The molecule has 0 N–H and O–H groups in total. The molecule has 1 heterocycles. The fraction of sp³-hybridized carbons (Fsp3) is 0.583. The summed E-state index contributed by atoms with van der Waals surface area (Å²) in [6.07, 6.45) is 3.79. The van der Waals surface area contributed by atoms with E-state index in [9.17, 15) is 0 Å². The van der Waals surface area contributed by atoms with Gasteiger partial charge in [0.05, 0.1) is 12.6 Å². The van der Waals surface area contributed by atoms with E-state index in [1.165, 1.54) is 5.56 Å². The van der Waals surface area contributed by atoms with Gasteiger partial charge < -0.3 is 13.9 Å². The summed E-state index contributed by atoms with van der Waals surface area (Å²) >= 11 is 3.56. The van der Waals surface area contributed by atoms with E-state index in [0.29, 0.717) is 13.2 Å². The molecule has 0 spiro atoms. The first kappa shape index (κ1) is 25.5. The first-order valence-electron chi connectivity index (χ1n) is 10.7. The zero-order valence-corrected chi connectivity index (χ0v) is 21.9. The number of rotatable bonds is 10. The van der Waals surface area contributed by atoms with E-state index in [1.54, 1.807) is 0 Å². The maximum Gasteiger partial charge on any atom is 0.192 e. The largest absolute Gasteiger partial charge is 0.414 e. The maximum atomic E-state index is 6.56. The molecular weight excluding hydrogens is 458 g/mol. The van der Waals surface area contributed by atoms with Gasteiger partial charge in [-0.2, -0.15) is 0 Å². The van der Waals surface area contributed by atoms with Crippen molar-refractivity contribution >= 4 is 24.2 Å². The van der Waals surface area contributed by atoms with Gasteiger partial charge in [-0.25, -0.2) is 0 Å². The van der Waals surface area contributed by atoms with Crippen molar-refractivity contribution in [2.45, 2.75) is 70.8 Å². The zero-order valence-electron chi connectivity index (χ0n) is 19.4. The second-order valence-electron chi connectivity index (χ2n) is 9.35. The third-order valence-corrected chi connectivity index (χ3v) is 10.7. The summed E-state index contributed by atoms with van der Waals surface area (Å²) in [4.78, 5) is 2.38. The lowest BCUT2D eigenvalue weighted by atomic mass is 10.0. The molecule has 0 saturated heterocycles. The highest BCUT2D eigenvalue weighted by molar-refractivity contribution is 9.11. The molecule has 168 valence electrons. The van der Waals surface area contributed by atoms with Crippen LogP contribution in [-0.4, -0.2) is 51.4 Å². The van der Waals surface area contributed by atoms with Gasteiger partial charge in [0.2, 0.25) is 0 Å². The lowest BCUT2D eigenvalue weighted by Crippen LogP contribution is -2.52. The molecule has 1 aliphatic rings. The van der Waals surface area contributed by atoms with Crippen LogP contribution in [0.25, 0.3) is 0 Å². The van der Waals surface area contributed by atoms with Crippen molar-refractivity contribution in [1.29, 1.82) is 0 Å². The van der Waals surface area contributed by atoms with Crippen LogP contribution in [0.15, 0.2) is 53.5 Å². The third-order valence-electron chi connectivity index (χ3n) is 5.93. The lowest BCUT2D eigenvalue weighted by Gasteiger charge is -2.42. The number of halogens is 1. The van der Waals surface area contributed by atoms with Gasteiger partial charge in [0.15, 0.2) is 14.6 Å². The molecule has 30 heavy (non-hydrogen) atoms. The van der Waals surface area contributed by atoms with Crippen molar-refractivity contribution in [2.75, 3.05) is 19.8 Å². The highest BCUT2D eigenvalue weighted by Crippen LogP contribution is 2.37. The van der Waals surface area contributed by atoms with Crippen molar-refractivity contribution in [3.8, 4) is 0 Å². The fourth-order valence-corrected chi connectivity index (χ4v) is 4.53. The first-order chi connectivity index (χ1) is 14.0. The van der Waals surface area contributed by atoms with E-state index in [4.69, 9.17) is 13.9 Å². The summed E-state index contributed by atoms with van der Waals surface area (Å²) in [5.74, 6) is 0. The highest BCUT2D eigenvalue weighted by Gasteiger charge is 2.40. The molecular formula is C24H38BrNO3Si. The predicted molar refractivity (Wildman–Crippen MR) is 131 cm³/mol. The predicted octanol–water partition coefficient (Wildman–Crippen LogP) is 6.11. The summed E-state index contributed by atoms with van der Waals surface area (Å²) in [5, 5.41) is 0.153. The van der Waals surface area contributed by atoms with Crippen molar-refractivity contribution in [3.63, 3.8) is 0 Å². The number of hydrogen-bond donors (Lipinski definition) is 0. The second kappa shape index (κ2) is 11.2. The Morgan fingerprint density at radius 1 is 1.20 bits per heavy atom. The number of ether oxygens (including phenoxy) is 2. The number of benzene rings is 1. The summed E-state index contributed by atoms with van der Waals surface area (Å²) in [7, 11) is -1.89. The summed E-state index contributed by atoms with van der Waals surface area (Å²) in [5.41, 5.74) is 1.26. The Kier molecular flexibility index (Phi) is 9.52. The Hall–Kier alpha value is -0.763. The molecule has 1 aromatic rings. The fourth-order valence-electron chi connectivity index (χ4n) is 3.19. The Balaban J connectivity index is 2.24. The topological polar surface area (TPSA) is 30.9 Å². The van der Waals surface area contributed by atoms with Gasteiger partial charge in [-0.05, 0) is 36.7 Å². The lowest BCUT2D eigenvalue weighted by molar-refractivity contribution is -0.169. The van der Waals surface area contributed by atoms with Gasteiger partial charge in [0.25, 0.3) is 0 Å². The summed E-state index contributed by atoms with van der Waals surface area (Å²) in [6.45, 7) is 20.1. The monoisotopic (exact) mass is 495 g/mol. The smallest absolute Gasteiger partial charge is 0.192 e. The van der Waals surface area contributed by atoms with Crippen molar-refractivity contribution in [3.05, 3.63) is 59.1 Å². The summed E-state index contributed by atoms with van der Waals surface area (Å²) in [6, 6.07) is 10.6. The molecule has 2 rings (SSSR count). The van der Waals surface area contributed by atoms with Gasteiger partial charge in [-0.15, -0.1) is 0 Å². The average Bonchev–Trinajstić information content (AvgIpc) is 2.66.